The Hall–Kier alpha value is -0.450. The molecule has 0 aliphatic heterocycles. The second-order valence-electron chi connectivity index (χ2n) is 3.41. The van der Waals surface area contributed by atoms with Crippen molar-refractivity contribution < 1.29 is 4.74 Å². The van der Waals surface area contributed by atoms with E-state index in [2.05, 4.69) is 11.9 Å². The van der Waals surface area contributed by atoms with Crippen LogP contribution >= 0.6 is 11.3 Å². The lowest BCUT2D eigenvalue weighted by molar-refractivity contribution is 0.118. The molecule has 4 heteroatoms. The standard InChI is InChI=1S/C10H18N2OS/c1-7(13-3)6-10-12-8(2)9(14-10)4-5-11/h7H,4-6,11H2,1-3H3. The Kier molecular flexibility index (Phi) is 4.51. The van der Waals surface area contributed by atoms with Crippen LogP contribution in [0.4, 0.5) is 0 Å². The number of hydrogen-bond acceptors (Lipinski definition) is 4. The average molecular weight is 214 g/mol. The maximum Gasteiger partial charge on any atom is 0.0956 e. The van der Waals surface area contributed by atoms with Crippen LogP contribution in [0.1, 0.15) is 22.5 Å². The first kappa shape index (κ1) is 11.6. The van der Waals surface area contributed by atoms with Crippen LogP contribution in [0.5, 0.6) is 0 Å². The van der Waals surface area contributed by atoms with Gasteiger partial charge in [-0.1, -0.05) is 0 Å². The first-order chi connectivity index (χ1) is 6.67. The Morgan fingerprint density at radius 3 is 2.86 bits per heavy atom. The fraction of sp³-hybridized carbons (Fsp3) is 0.700. The SMILES string of the molecule is COC(C)Cc1nc(C)c(CCN)s1. The Morgan fingerprint density at radius 2 is 2.29 bits per heavy atom. The summed E-state index contributed by atoms with van der Waals surface area (Å²) >= 11 is 1.76. The molecule has 0 aliphatic rings. The second kappa shape index (κ2) is 5.44. The van der Waals surface area contributed by atoms with Gasteiger partial charge in [-0.05, 0) is 26.8 Å². The van der Waals surface area contributed by atoms with E-state index in [1.807, 2.05) is 6.92 Å². The normalized spacial score (nSPS) is 13.1. The fourth-order valence-electron chi connectivity index (χ4n) is 1.27. The fourth-order valence-corrected chi connectivity index (χ4v) is 2.47. The highest BCUT2D eigenvalue weighted by Crippen LogP contribution is 2.19. The second-order valence-corrected chi connectivity index (χ2v) is 4.57. The van der Waals surface area contributed by atoms with Crippen molar-refractivity contribution in [3.63, 3.8) is 0 Å². The summed E-state index contributed by atoms with van der Waals surface area (Å²) < 4.78 is 5.21. The maximum atomic E-state index is 5.52. The molecule has 0 bridgehead atoms. The van der Waals surface area contributed by atoms with E-state index in [9.17, 15) is 0 Å². The smallest absolute Gasteiger partial charge is 0.0956 e. The number of methoxy groups -OCH3 is 1. The summed E-state index contributed by atoms with van der Waals surface area (Å²) in [4.78, 5) is 5.81. The van der Waals surface area contributed by atoms with E-state index in [-0.39, 0.29) is 6.10 Å². The van der Waals surface area contributed by atoms with Crippen LogP contribution in [0, 0.1) is 6.92 Å². The van der Waals surface area contributed by atoms with Crippen molar-refractivity contribution in [2.75, 3.05) is 13.7 Å². The van der Waals surface area contributed by atoms with Gasteiger partial charge in [0.25, 0.3) is 0 Å². The molecule has 0 aliphatic carbocycles. The van der Waals surface area contributed by atoms with Crippen molar-refractivity contribution >= 4 is 11.3 Å². The Morgan fingerprint density at radius 1 is 1.57 bits per heavy atom. The molecule has 0 fully saturated rings. The van der Waals surface area contributed by atoms with E-state index in [0.29, 0.717) is 6.54 Å². The number of aryl methyl sites for hydroxylation is 1. The summed E-state index contributed by atoms with van der Waals surface area (Å²) in [7, 11) is 1.73. The number of hydrogen-bond donors (Lipinski definition) is 1. The minimum absolute atomic E-state index is 0.242. The van der Waals surface area contributed by atoms with Gasteiger partial charge in [0, 0.05) is 18.4 Å². The molecule has 1 heterocycles. The topological polar surface area (TPSA) is 48.1 Å². The molecule has 0 radical (unpaired) electrons. The molecule has 1 aromatic heterocycles. The lowest BCUT2D eigenvalue weighted by Crippen LogP contribution is -2.07. The number of thiazole rings is 1. The molecule has 0 aromatic carbocycles. The van der Waals surface area contributed by atoms with Crippen molar-refractivity contribution in [1.82, 2.24) is 4.98 Å². The zero-order valence-electron chi connectivity index (χ0n) is 9.04. The van der Waals surface area contributed by atoms with E-state index in [1.165, 1.54) is 4.88 Å². The molecule has 3 nitrogen and oxygen atoms in total. The monoisotopic (exact) mass is 214 g/mol. The third-order valence-electron chi connectivity index (χ3n) is 2.17. The van der Waals surface area contributed by atoms with Crippen LogP contribution in [0.25, 0.3) is 0 Å². The number of rotatable bonds is 5. The predicted octanol–water partition coefficient (Wildman–Crippen LogP) is 1.53. The molecule has 2 N–H and O–H groups in total. The third kappa shape index (κ3) is 3.04. The predicted molar refractivity (Wildman–Crippen MR) is 59.8 cm³/mol. The summed E-state index contributed by atoms with van der Waals surface area (Å²) in [6.07, 6.45) is 2.07. The van der Waals surface area contributed by atoms with Crippen LogP contribution in [0.2, 0.25) is 0 Å². The first-order valence-corrected chi connectivity index (χ1v) is 5.67. The van der Waals surface area contributed by atoms with Crippen molar-refractivity contribution in [2.45, 2.75) is 32.8 Å². The average Bonchev–Trinajstić information content (AvgIpc) is 2.47. The van der Waals surface area contributed by atoms with Crippen molar-refractivity contribution in [1.29, 1.82) is 0 Å². The van der Waals surface area contributed by atoms with Gasteiger partial charge in [0.15, 0.2) is 0 Å². The first-order valence-electron chi connectivity index (χ1n) is 4.85. The number of ether oxygens (including phenoxy) is 1. The molecule has 14 heavy (non-hydrogen) atoms. The Bertz CT molecular complexity index is 286. The highest BCUT2D eigenvalue weighted by Gasteiger charge is 2.09. The van der Waals surface area contributed by atoms with Gasteiger partial charge in [-0.3, -0.25) is 0 Å². The molecule has 1 rings (SSSR count). The van der Waals surface area contributed by atoms with Gasteiger partial charge >= 0.3 is 0 Å². The van der Waals surface area contributed by atoms with Gasteiger partial charge in [0.05, 0.1) is 16.8 Å². The van der Waals surface area contributed by atoms with Gasteiger partial charge in [-0.25, -0.2) is 4.98 Å². The highest BCUT2D eigenvalue weighted by atomic mass is 32.1. The number of aromatic nitrogens is 1. The zero-order chi connectivity index (χ0) is 10.6. The Labute approximate surface area is 89.3 Å². The molecule has 0 spiro atoms. The van der Waals surface area contributed by atoms with Gasteiger partial charge in [-0.15, -0.1) is 11.3 Å². The van der Waals surface area contributed by atoms with Gasteiger partial charge in [-0.2, -0.15) is 0 Å². The van der Waals surface area contributed by atoms with Crippen LogP contribution < -0.4 is 5.73 Å². The Balaban J connectivity index is 2.65. The minimum atomic E-state index is 0.242. The van der Waals surface area contributed by atoms with Gasteiger partial charge in [0.1, 0.15) is 0 Å². The van der Waals surface area contributed by atoms with Crippen molar-refractivity contribution in [3.05, 3.63) is 15.6 Å². The molecule has 1 aromatic rings. The largest absolute Gasteiger partial charge is 0.381 e. The molecule has 0 amide bonds. The molecule has 80 valence electrons. The van der Waals surface area contributed by atoms with Gasteiger partial charge in [0.2, 0.25) is 0 Å². The summed E-state index contributed by atoms with van der Waals surface area (Å²) in [5.74, 6) is 0. The maximum absolute atomic E-state index is 5.52. The van der Waals surface area contributed by atoms with E-state index in [0.717, 1.165) is 23.5 Å². The molecular weight excluding hydrogens is 196 g/mol. The summed E-state index contributed by atoms with van der Waals surface area (Å²) in [5.41, 5.74) is 6.64. The summed E-state index contributed by atoms with van der Waals surface area (Å²) in [5, 5.41) is 1.15. The summed E-state index contributed by atoms with van der Waals surface area (Å²) in [6, 6.07) is 0. The molecule has 0 saturated carbocycles. The quantitative estimate of drug-likeness (QED) is 0.808. The van der Waals surface area contributed by atoms with E-state index >= 15 is 0 Å². The van der Waals surface area contributed by atoms with E-state index < -0.39 is 0 Å². The van der Waals surface area contributed by atoms with E-state index in [4.69, 9.17) is 10.5 Å². The minimum Gasteiger partial charge on any atom is -0.381 e. The number of nitrogens with zero attached hydrogens (tertiary/aromatic N) is 1. The van der Waals surface area contributed by atoms with Crippen LogP contribution in [-0.2, 0) is 17.6 Å². The van der Waals surface area contributed by atoms with Crippen LogP contribution in [0.3, 0.4) is 0 Å². The highest BCUT2D eigenvalue weighted by molar-refractivity contribution is 7.11. The van der Waals surface area contributed by atoms with Gasteiger partial charge < -0.3 is 10.5 Å². The molecule has 0 saturated heterocycles. The molecule has 1 atom stereocenters. The van der Waals surface area contributed by atoms with Crippen molar-refractivity contribution in [3.8, 4) is 0 Å². The van der Waals surface area contributed by atoms with Crippen LogP contribution in [0.15, 0.2) is 0 Å². The zero-order valence-corrected chi connectivity index (χ0v) is 9.86. The third-order valence-corrected chi connectivity index (χ3v) is 3.41. The van der Waals surface area contributed by atoms with Crippen LogP contribution in [-0.4, -0.2) is 24.7 Å². The van der Waals surface area contributed by atoms with Crippen molar-refractivity contribution in [2.24, 2.45) is 5.73 Å². The summed E-state index contributed by atoms with van der Waals surface area (Å²) in [6.45, 7) is 4.80. The molecular formula is C10H18N2OS. The lowest BCUT2D eigenvalue weighted by Gasteiger charge is -2.05. The van der Waals surface area contributed by atoms with E-state index in [1.54, 1.807) is 18.4 Å². The number of nitrogens with two attached hydrogens (primary N) is 1. The molecule has 1 unspecified atom stereocenters. The lowest BCUT2D eigenvalue weighted by atomic mass is 10.3.